The van der Waals surface area contributed by atoms with Crippen LogP contribution in [0.4, 0.5) is 5.13 Å². The largest absolute Gasteiger partial charge is 0.301 e. The van der Waals surface area contributed by atoms with Gasteiger partial charge in [0.05, 0.1) is 11.4 Å². The molecule has 130 valence electrons. The zero-order valence-electron chi connectivity index (χ0n) is 14.3. The van der Waals surface area contributed by atoms with Crippen LogP contribution in [0.25, 0.3) is 10.2 Å². The Kier molecular flexibility index (Phi) is 4.51. The number of carbonyl (C=O) groups is 1. The number of anilines is 1. The first kappa shape index (κ1) is 16.9. The summed E-state index contributed by atoms with van der Waals surface area (Å²) in [5.41, 5.74) is 2.37. The monoisotopic (exact) mass is 390 g/mol. The van der Waals surface area contributed by atoms with Crippen molar-refractivity contribution in [1.29, 1.82) is 0 Å². The van der Waals surface area contributed by atoms with Crippen LogP contribution < -0.4 is 5.32 Å². The molecule has 0 aliphatic heterocycles. The third-order valence-electron chi connectivity index (χ3n) is 4.29. The predicted molar refractivity (Wildman–Crippen MR) is 105 cm³/mol. The molecule has 0 atom stereocenters. The minimum absolute atomic E-state index is 0.0357. The molecule has 1 amide bonds. The normalized spacial score (nSPS) is 13.4. The fourth-order valence-corrected chi connectivity index (χ4v) is 6.09. The van der Waals surface area contributed by atoms with Gasteiger partial charge in [-0.2, -0.15) is 0 Å². The fraction of sp³-hybridized carbons (Fsp3) is 0.412. The number of amides is 1. The molecule has 0 saturated heterocycles. The van der Waals surface area contributed by atoms with Crippen molar-refractivity contribution in [1.82, 2.24) is 15.0 Å². The average Bonchev–Trinajstić information content (AvgIpc) is 3.19. The molecule has 1 N–H and O–H groups in total. The molecule has 0 spiro atoms. The molecular formula is C17H18N4OS3. The van der Waals surface area contributed by atoms with E-state index in [1.54, 1.807) is 22.7 Å². The number of fused-ring (bicyclic) bond motifs is 2. The van der Waals surface area contributed by atoms with Crippen LogP contribution in [0.3, 0.4) is 0 Å². The molecule has 0 saturated carbocycles. The van der Waals surface area contributed by atoms with Gasteiger partial charge >= 0.3 is 0 Å². The van der Waals surface area contributed by atoms with E-state index in [0.717, 1.165) is 44.7 Å². The Hall–Kier alpha value is -1.51. The minimum Gasteiger partial charge on any atom is -0.301 e. The van der Waals surface area contributed by atoms with Crippen LogP contribution in [-0.2, 0) is 17.6 Å². The van der Waals surface area contributed by atoms with Gasteiger partial charge in [0.1, 0.15) is 15.7 Å². The second-order valence-corrected chi connectivity index (χ2v) is 9.37. The topological polar surface area (TPSA) is 67.8 Å². The Morgan fingerprint density at radius 1 is 1.16 bits per heavy atom. The molecule has 3 aromatic heterocycles. The number of carbonyl (C=O) groups excluding carboxylic acids is 1. The average molecular weight is 391 g/mol. The molecule has 5 nitrogen and oxygen atoms in total. The van der Waals surface area contributed by atoms with Crippen molar-refractivity contribution in [2.45, 2.75) is 45.1 Å². The highest BCUT2D eigenvalue weighted by Gasteiger charge is 2.19. The Morgan fingerprint density at radius 3 is 2.80 bits per heavy atom. The summed E-state index contributed by atoms with van der Waals surface area (Å²) in [5.74, 6) is 1.03. The smallest absolute Gasteiger partial charge is 0.236 e. The molecule has 1 aliphatic rings. The van der Waals surface area contributed by atoms with Gasteiger partial charge in [0.25, 0.3) is 0 Å². The highest BCUT2D eigenvalue weighted by molar-refractivity contribution is 8.00. The fourth-order valence-electron chi connectivity index (χ4n) is 2.95. The summed E-state index contributed by atoms with van der Waals surface area (Å²) in [6.45, 7) is 6.08. The van der Waals surface area contributed by atoms with Gasteiger partial charge in [0.2, 0.25) is 5.91 Å². The lowest BCUT2D eigenvalue weighted by atomic mass is 10.2. The lowest BCUT2D eigenvalue weighted by Gasteiger charge is -2.05. The first-order chi connectivity index (χ1) is 12.0. The van der Waals surface area contributed by atoms with Gasteiger partial charge < -0.3 is 5.32 Å². The van der Waals surface area contributed by atoms with Gasteiger partial charge in [0.15, 0.2) is 5.13 Å². The van der Waals surface area contributed by atoms with Crippen molar-refractivity contribution < 1.29 is 4.79 Å². The van der Waals surface area contributed by atoms with E-state index in [2.05, 4.69) is 34.1 Å². The first-order valence-corrected chi connectivity index (χ1v) is 10.8. The number of nitrogens with zero attached hydrogens (tertiary/aromatic N) is 3. The number of hydrogen-bond acceptors (Lipinski definition) is 7. The van der Waals surface area contributed by atoms with Crippen molar-refractivity contribution in [2.24, 2.45) is 0 Å². The quantitative estimate of drug-likeness (QED) is 0.532. The van der Waals surface area contributed by atoms with Crippen LogP contribution in [0, 0.1) is 20.8 Å². The molecule has 25 heavy (non-hydrogen) atoms. The number of nitrogens with one attached hydrogen (secondary N) is 1. The highest BCUT2D eigenvalue weighted by Crippen LogP contribution is 2.35. The second-order valence-electron chi connectivity index (χ2n) is 6.12. The molecule has 4 rings (SSSR count). The summed E-state index contributed by atoms with van der Waals surface area (Å²) in [4.78, 5) is 29.5. The molecule has 0 bridgehead atoms. The Bertz CT molecular complexity index is 955. The Balaban J connectivity index is 1.49. The second kappa shape index (κ2) is 6.66. The Labute approximate surface area is 158 Å². The van der Waals surface area contributed by atoms with Crippen molar-refractivity contribution in [3.63, 3.8) is 0 Å². The van der Waals surface area contributed by atoms with Gasteiger partial charge in [-0.05, 0) is 45.6 Å². The lowest BCUT2D eigenvalue weighted by Crippen LogP contribution is -2.14. The molecular weight excluding hydrogens is 372 g/mol. The van der Waals surface area contributed by atoms with Gasteiger partial charge in [-0.1, -0.05) is 11.8 Å². The van der Waals surface area contributed by atoms with E-state index in [0.29, 0.717) is 5.75 Å². The first-order valence-electron chi connectivity index (χ1n) is 8.17. The summed E-state index contributed by atoms with van der Waals surface area (Å²) in [5, 5.41) is 5.63. The van der Waals surface area contributed by atoms with Gasteiger partial charge in [-0.15, -0.1) is 22.7 Å². The van der Waals surface area contributed by atoms with Gasteiger partial charge in [-0.25, -0.2) is 15.0 Å². The number of hydrogen-bond donors (Lipinski definition) is 1. The zero-order valence-corrected chi connectivity index (χ0v) is 16.8. The molecule has 0 aromatic carbocycles. The van der Waals surface area contributed by atoms with E-state index in [1.165, 1.54) is 33.5 Å². The van der Waals surface area contributed by atoms with Crippen molar-refractivity contribution in [2.75, 3.05) is 11.1 Å². The number of aryl methyl sites for hydroxylation is 5. The summed E-state index contributed by atoms with van der Waals surface area (Å²) >= 11 is 4.76. The highest BCUT2D eigenvalue weighted by atomic mass is 32.2. The number of thiazole rings is 1. The summed E-state index contributed by atoms with van der Waals surface area (Å²) in [7, 11) is 0. The third-order valence-corrected chi connectivity index (χ3v) is 7.44. The molecule has 8 heteroatoms. The van der Waals surface area contributed by atoms with Crippen LogP contribution >= 0.6 is 34.4 Å². The van der Waals surface area contributed by atoms with E-state index in [9.17, 15) is 4.79 Å². The SMILES string of the molecule is Cc1nc(SCC(=O)Nc2nc3c(s2)CCC3)c2c(C)c(C)sc2n1. The molecule has 0 unspecified atom stereocenters. The number of aromatic nitrogens is 3. The zero-order chi connectivity index (χ0) is 17.6. The van der Waals surface area contributed by atoms with Crippen LogP contribution in [0.2, 0.25) is 0 Å². The van der Waals surface area contributed by atoms with Crippen LogP contribution in [0.15, 0.2) is 5.03 Å². The van der Waals surface area contributed by atoms with E-state index >= 15 is 0 Å². The maximum atomic E-state index is 12.3. The molecule has 0 radical (unpaired) electrons. The summed E-state index contributed by atoms with van der Waals surface area (Å²) in [6, 6.07) is 0. The third kappa shape index (κ3) is 3.30. The molecule has 3 aromatic rings. The van der Waals surface area contributed by atoms with Crippen LogP contribution in [0.5, 0.6) is 0 Å². The Morgan fingerprint density at radius 2 is 2.00 bits per heavy atom. The standard InChI is InChI=1S/C17H18N4OS3/c1-8-9(2)24-16-14(8)15(18-10(3)19-16)23-7-13(22)21-17-20-11-5-4-6-12(11)25-17/h4-7H2,1-3H3,(H,20,21,22). The maximum Gasteiger partial charge on any atom is 0.236 e. The molecule has 1 aliphatic carbocycles. The van der Waals surface area contributed by atoms with Crippen molar-refractivity contribution in [3.8, 4) is 0 Å². The number of rotatable bonds is 4. The van der Waals surface area contributed by atoms with Crippen molar-refractivity contribution in [3.05, 3.63) is 26.8 Å². The lowest BCUT2D eigenvalue weighted by molar-refractivity contribution is -0.113. The van der Waals surface area contributed by atoms with Crippen LogP contribution in [0.1, 0.15) is 33.3 Å². The molecule has 0 fully saturated rings. The minimum atomic E-state index is -0.0357. The van der Waals surface area contributed by atoms with Crippen molar-refractivity contribution >= 4 is 55.7 Å². The number of thioether (sulfide) groups is 1. The summed E-state index contributed by atoms with van der Waals surface area (Å²) < 4.78 is 0. The maximum absolute atomic E-state index is 12.3. The molecule has 3 heterocycles. The number of thiophene rings is 1. The van der Waals surface area contributed by atoms with Gasteiger partial charge in [0, 0.05) is 15.1 Å². The van der Waals surface area contributed by atoms with E-state index in [1.807, 2.05) is 6.92 Å². The van der Waals surface area contributed by atoms with E-state index in [-0.39, 0.29) is 5.91 Å². The summed E-state index contributed by atoms with van der Waals surface area (Å²) in [6.07, 6.45) is 3.30. The van der Waals surface area contributed by atoms with E-state index < -0.39 is 0 Å². The van der Waals surface area contributed by atoms with Crippen LogP contribution in [-0.4, -0.2) is 26.6 Å². The predicted octanol–water partition coefficient (Wildman–Crippen LogP) is 4.29. The van der Waals surface area contributed by atoms with E-state index in [4.69, 9.17) is 0 Å². The van der Waals surface area contributed by atoms with Gasteiger partial charge in [-0.3, -0.25) is 4.79 Å².